The number of carbonyl (C=O) groups is 1. The molecule has 1 heterocycles. The molecular formula is C21H22F3NO4. The van der Waals surface area contributed by atoms with Crippen LogP contribution in [0.15, 0.2) is 42.5 Å². The molecule has 8 heteroatoms. The number of methoxy groups -OCH3 is 1. The van der Waals surface area contributed by atoms with Gasteiger partial charge in [-0.3, -0.25) is 4.79 Å². The monoisotopic (exact) mass is 409 g/mol. The van der Waals surface area contributed by atoms with E-state index in [4.69, 9.17) is 14.2 Å². The Labute approximate surface area is 166 Å². The van der Waals surface area contributed by atoms with Crippen LogP contribution in [0, 0.1) is 0 Å². The van der Waals surface area contributed by atoms with Crippen molar-refractivity contribution < 1.29 is 32.2 Å². The second kappa shape index (κ2) is 9.17. The van der Waals surface area contributed by atoms with Crippen LogP contribution in [0.3, 0.4) is 0 Å². The molecule has 2 aromatic rings. The molecule has 0 aliphatic carbocycles. The molecule has 0 bridgehead atoms. The molecule has 1 fully saturated rings. The van der Waals surface area contributed by atoms with Crippen molar-refractivity contribution in [1.82, 2.24) is 5.32 Å². The van der Waals surface area contributed by atoms with Gasteiger partial charge in [0.05, 0.1) is 24.3 Å². The summed E-state index contributed by atoms with van der Waals surface area (Å²) in [7, 11) is 1.50. The molecule has 0 radical (unpaired) electrons. The number of amides is 1. The molecule has 0 aromatic heterocycles. The summed E-state index contributed by atoms with van der Waals surface area (Å²) in [5, 5.41) is 2.52. The third-order valence-electron chi connectivity index (χ3n) is 4.61. The summed E-state index contributed by atoms with van der Waals surface area (Å²) in [5.41, 5.74) is -0.708. The molecule has 1 amide bonds. The lowest BCUT2D eigenvalue weighted by Crippen LogP contribution is -2.25. The number of alkyl halides is 3. The van der Waals surface area contributed by atoms with E-state index >= 15 is 0 Å². The first-order chi connectivity index (χ1) is 13.9. The lowest BCUT2D eigenvalue weighted by molar-refractivity contribution is -0.137. The van der Waals surface area contributed by atoms with E-state index in [1.165, 1.54) is 19.2 Å². The van der Waals surface area contributed by atoms with Crippen molar-refractivity contribution in [3.63, 3.8) is 0 Å². The van der Waals surface area contributed by atoms with Gasteiger partial charge in [-0.15, -0.1) is 0 Å². The smallest absolute Gasteiger partial charge is 0.417 e. The second-order valence-corrected chi connectivity index (χ2v) is 6.66. The Morgan fingerprint density at radius 1 is 1.21 bits per heavy atom. The molecule has 0 spiro atoms. The number of ether oxygens (including phenoxy) is 3. The molecule has 1 N–H and O–H groups in total. The van der Waals surface area contributed by atoms with Gasteiger partial charge in [-0.25, -0.2) is 0 Å². The minimum Gasteiger partial charge on any atom is -0.493 e. The lowest BCUT2D eigenvalue weighted by Gasteiger charge is -2.15. The van der Waals surface area contributed by atoms with E-state index in [2.05, 4.69) is 5.32 Å². The predicted octanol–water partition coefficient (Wildman–Crippen LogP) is 4.20. The van der Waals surface area contributed by atoms with Crippen LogP contribution in [-0.2, 0) is 17.5 Å². The van der Waals surface area contributed by atoms with Crippen molar-refractivity contribution in [1.29, 1.82) is 0 Å². The standard InChI is InChI=1S/C21H22F3NO4/c1-27-19-11-14(8-9-18(19)29-13-15-5-4-10-28-15)12-25-20(26)16-6-2-3-7-17(16)21(22,23)24/h2-3,6-9,11,15H,4-5,10,12-13H2,1H3,(H,25,26). The fraction of sp³-hybridized carbons (Fsp3) is 0.381. The summed E-state index contributed by atoms with van der Waals surface area (Å²) in [4.78, 5) is 12.3. The van der Waals surface area contributed by atoms with Crippen LogP contribution in [-0.4, -0.2) is 32.3 Å². The number of hydrogen-bond acceptors (Lipinski definition) is 4. The highest BCUT2D eigenvalue weighted by atomic mass is 19.4. The van der Waals surface area contributed by atoms with E-state index in [1.807, 2.05) is 0 Å². The largest absolute Gasteiger partial charge is 0.493 e. The summed E-state index contributed by atoms with van der Waals surface area (Å²) >= 11 is 0. The molecule has 156 valence electrons. The highest BCUT2D eigenvalue weighted by Gasteiger charge is 2.34. The van der Waals surface area contributed by atoms with Gasteiger partial charge >= 0.3 is 6.18 Å². The van der Waals surface area contributed by atoms with Gasteiger partial charge in [0.1, 0.15) is 6.61 Å². The number of halogens is 3. The molecule has 29 heavy (non-hydrogen) atoms. The van der Waals surface area contributed by atoms with Crippen LogP contribution < -0.4 is 14.8 Å². The molecule has 1 unspecified atom stereocenters. The summed E-state index contributed by atoms with van der Waals surface area (Å²) in [5.74, 6) is 0.224. The minimum atomic E-state index is -4.60. The van der Waals surface area contributed by atoms with Gasteiger partial charge in [0.25, 0.3) is 5.91 Å². The van der Waals surface area contributed by atoms with Gasteiger partial charge in [-0.05, 0) is 42.7 Å². The van der Waals surface area contributed by atoms with Crippen molar-refractivity contribution in [2.75, 3.05) is 20.3 Å². The molecule has 3 rings (SSSR count). The Morgan fingerprint density at radius 3 is 2.69 bits per heavy atom. The van der Waals surface area contributed by atoms with Gasteiger partial charge in [0.15, 0.2) is 11.5 Å². The number of carbonyl (C=O) groups excluding carboxylic acids is 1. The first-order valence-corrected chi connectivity index (χ1v) is 9.24. The molecule has 0 saturated carbocycles. The van der Waals surface area contributed by atoms with Crippen LogP contribution in [0.1, 0.15) is 34.3 Å². The van der Waals surface area contributed by atoms with Gasteiger partial charge in [0, 0.05) is 13.2 Å². The van der Waals surface area contributed by atoms with Gasteiger partial charge < -0.3 is 19.5 Å². The zero-order valence-electron chi connectivity index (χ0n) is 15.9. The summed E-state index contributed by atoms with van der Waals surface area (Å²) in [6, 6.07) is 9.80. The molecule has 1 aliphatic heterocycles. The van der Waals surface area contributed by atoms with E-state index in [9.17, 15) is 18.0 Å². The van der Waals surface area contributed by atoms with E-state index in [0.29, 0.717) is 23.7 Å². The Balaban J connectivity index is 1.64. The van der Waals surface area contributed by atoms with Crippen LogP contribution in [0.25, 0.3) is 0 Å². The molecule has 5 nitrogen and oxygen atoms in total. The zero-order valence-corrected chi connectivity index (χ0v) is 15.9. The van der Waals surface area contributed by atoms with Gasteiger partial charge in [0.2, 0.25) is 0 Å². The Hall–Kier alpha value is -2.74. The second-order valence-electron chi connectivity index (χ2n) is 6.66. The quantitative estimate of drug-likeness (QED) is 0.745. The maximum atomic E-state index is 13.1. The van der Waals surface area contributed by atoms with Crippen LogP contribution >= 0.6 is 0 Å². The number of hydrogen-bond donors (Lipinski definition) is 1. The normalized spacial score (nSPS) is 16.5. The van der Waals surface area contributed by atoms with Crippen molar-refractivity contribution in [3.8, 4) is 11.5 Å². The van der Waals surface area contributed by atoms with E-state index in [-0.39, 0.29) is 12.6 Å². The third kappa shape index (κ3) is 5.41. The highest BCUT2D eigenvalue weighted by Crippen LogP contribution is 2.32. The average Bonchev–Trinajstić information content (AvgIpc) is 3.23. The molecule has 2 aromatic carbocycles. The molecule has 1 saturated heterocycles. The number of rotatable bonds is 7. The van der Waals surface area contributed by atoms with E-state index < -0.39 is 23.2 Å². The van der Waals surface area contributed by atoms with E-state index in [0.717, 1.165) is 31.6 Å². The number of nitrogens with one attached hydrogen (secondary N) is 1. The molecule has 1 atom stereocenters. The first-order valence-electron chi connectivity index (χ1n) is 9.24. The fourth-order valence-electron chi connectivity index (χ4n) is 3.11. The molecular weight excluding hydrogens is 387 g/mol. The topological polar surface area (TPSA) is 56.8 Å². The maximum absolute atomic E-state index is 13.1. The van der Waals surface area contributed by atoms with Crippen molar-refractivity contribution in [2.24, 2.45) is 0 Å². The van der Waals surface area contributed by atoms with Gasteiger partial charge in [-0.1, -0.05) is 18.2 Å². The van der Waals surface area contributed by atoms with Crippen LogP contribution in [0.5, 0.6) is 11.5 Å². The summed E-state index contributed by atoms with van der Waals surface area (Å²) in [6.45, 7) is 1.20. The zero-order chi connectivity index (χ0) is 20.9. The first kappa shape index (κ1) is 21.0. The fourth-order valence-corrected chi connectivity index (χ4v) is 3.11. The Morgan fingerprint density at radius 2 is 2.00 bits per heavy atom. The van der Waals surface area contributed by atoms with Crippen LogP contribution in [0.2, 0.25) is 0 Å². The SMILES string of the molecule is COc1cc(CNC(=O)c2ccccc2C(F)(F)F)ccc1OCC1CCCO1. The van der Waals surface area contributed by atoms with Crippen LogP contribution in [0.4, 0.5) is 13.2 Å². The van der Waals surface area contributed by atoms with E-state index in [1.54, 1.807) is 18.2 Å². The average molecular weight is 409 g/mol. The highest BCUT2D eigenvalue weighted by molar-refractivity contribution is 5.95. The van der Waals surface area contributed by atoms with Crippen molar-refractivity contribution >= 4 is 5.91 Å². The van der Waals surface area contributed by atoms with Crippen molar-refractivity contribution in [2.45, 2.75) is 31.7 Å². The Kier molecular flexibility index (Phi) is 6.64. The summed E-state index contributed by atoms with van der Waals surface area (Å²) in [6.07, 6.45) is -2.57. The predicted molar refractivity (Wildman–Crippen MR) is 100 cm³/mol. The third-order valence-corrected chi connectivity index (χ3v) is 4.61. The lowest BCUT2D eigenvalue weighted by atomic mass is 10.1. The maximum Gasteiger partial charge on any atom is 0.417 e. The van der Waals surface area contributed by atoms with Crippen molar-refractivity contribution in [3.05, 3.63) is 59.2 Å². The minimum absolute atomic E-state index is 0.0490. The molecule has 1 aliphatic rings. The Bertz CT molecular complexity index is 848. The number of benzene rings is 2. The summed E-state index contributed by atoms with van der Waals surface area (Å²) < 4.78 is 55.8. The van der Waals surface area contributed by atoms with Gasteiger partial charge in [-0.2, -0.15) is 13.2 Å².